The standard InChI is InChI=1S/C29H39N3/c1-18(2)24-10-8-11-25(19(3)4)29(24)30-17-23-16-13-20(5)27(32-23)26-12-7-9-22-15-14-21(6)31-28(22)26/h7-13,16-21,24,27,29,31H,14-15H2,1-6H3/t20?,21?,24?,27?,29-/m1/s1. The van der Waals surface area contributed by atoms with E-state index in [1.807, 2.05) is 6.21 Å². The third kappa shape index (κ3) is 4.67. The highest BCUT2D eigenvalue weighted by Gasteiger charge is 2.29. The molecule has 0 saturated heterocycles. The maximum absolute atomic E-state index is 5.19. The summed E-state index contributed by atoms with van der Waals surface area (Å²) in [4.78, 5) is 10.3. The molecule has 1 aliphatic carbocycles. The van der Waals surface area contributed by atoms with Crippen molar-refractivity contribution in [2.45, 2.75) is 72.5 Å². The van der Waals surface area contributed by atoms with Gasteiger partial charge in [0.2, 0.25) is 0 Å². The Balaban J connectivity index is 1.63. The summed E-state index contributed by atoms with van der Waals surface area (Å²) in [5, 5.41) is 3.74. The van der Waals surface area contributed by atoms with E-state index in [1.165, 1.54) is 28.8 Å². The van der Waals surface area contributed by atoms with Gasteiger partial charge in [0, 0.05) is 35.3 Å². The number of rotatable bonds is 5. The van der Waals surface area contributed by atoms with Gasteiger partial charge >= 0.3 is 0 Å². The number of hydrogen-bond donors (Lipinski definition) is 1. The number of allylic oxidation sites excluding steroid dienone is 3. The third-order valence-electron chi connectivity index (χ3n) is 7.23. The first kappa shape index (κ1) is 22.8. The fraction of sp³-hybridized carbons (Fsp3) is 0.517. The Bertz CT molecular complexity index is 976. The van der Waals surface area contributed by atoms with Crippen molar-refractivity contribution in [3.05, 3.63) is 65.3 Å². The van der Waals surface area contributed by atoms with Crippen LogP contribution in [0.1, 0.15) is 65.1 Å². The van der Waals surface area contributed by atoms with Crippen molar-refractivity contribution in [2.75, 3.05) is 5.32 Å². The molecule has 4 unspecified atom stereocenters. The van der Waals surface area contributed by atoms with Gasteiger partial charge < -0.3 is 5.32 Å². The molecular formula is C29H39N3. The van der Waals surface area contributed by atoms with E-state index < -0.39 is 0 Å². The molecule has 0 spiro atoms. The van der Waals surface area contributed by atoms with E-state index in [4.69, 9.17) is 9.98 Å². The molecule has 0 saturated carbocycles. The number of fused-ring (bicyclic) bond motifs is 1. The van der Waals surface area contributed by atoms with Gasteiger partial charge in [-0.05, 0) is 48.8 Å². The first-order valence-electron chi connectivity index (χ1n) is 12.4. The van der Waals surface area contributed by atoms with Gasteiger partial charge in [0.25, 0.3) is 0 Å². The summed E-state index contributed by atoms with van der Waals surface area (Å²) in [5.74, 6) is 1.84. The molecule has 1 N–H and O–H groups in total. The Kier molecular flexibility index (Phi) is 6.83. The minimum atomic E-state index is 0.126. The zero-order valence-corrected chi connectivity index (χ0v) is 20.5. The van der Waals surface area contributed by atoms with Gasteiger partial charge in [-0.3, -0.25) is 9.98 Å². The monoisotopic (exact) mass is 429 g/mol. The molecule has 170 valence electrons. The molecule has 1 aromatic rings. The third-order valence-corrected chi connectivity index (χ3v) is 7.23. The first-order chi connectivity index (χ1) is 15.3. The van der Waals surface area contributed by atoms with Gasteiger partial charge in [-0.25, -0.2) is 0 Å². The van der Waals surface area contributed by atoms with Crippen LogP contribution >= 0.6 is 0 Å². The van der Waals surface area contributed by atoms with Crippen molar-refractivity contribution >= 4 is 17.6 Å². The zero-order chi connectivity index (χ0) is 22.8. The predicted octanol–water partition coefficient (Wildman–Crippen LogP) is 6.99. The van der Waals surface area contributed by atoms with E-state index in [2.05, 4.69) is 95.4 Å². The van der Waals surface area contributed by atoms with Gasteiger partial charge in [-0.2, -0.15) is 0 Å². The quantitative estimate of drug-likeness (QED) is 0.503. The summed E-state index contributed by atoms with van der Waals surface area (Å²) in [6.07, 6.45) is 15.6. The summed E-state index contributed by atoms with van der Waals surface area (Å²) >= 11 is 0. The molecule has 0 aromatic heterocycles. The minimum absolute atomic E-state index is 0.126. The smallest absolute Gasteiger partial charge is 0.0836 e. The van der Waals surface area contributed by atoms with Crippen LogP contribution in [-0.4, -0.2) is 24.0 Å². The van der Waals surface area contributed by atoms with Crippen molar-refractivity contribution in [1.82, 2.24) is 0 Å². The Labute approximate surface area is 194 Å². The molecule has 1 aromatic carbocycles. The number of nitrogens with one attached hydrogen (secondary N) is 1. The predicted molar refractivity (Wildman–Crippen MR) is 139 cm³/mol. The van der Waals surface area contributed by atoms with Crippen LogP contribution in [0.15, 0.2) is 64.1 Å². The number of aliphatic imine (C=N–C) groups is 2. The summed E-state index contributed by atoms with van der Waals surface area (Å²) in [6, 6.07) is 7.54. The largest absolute Gasteiger partial charge is 0.382 e. The molecule has 2 heterocycles. The number of anilines is 1. The summed E-state index contributed by atoms with van der Waals surface area (Å²) in [6.45, 7) is 13.7. The molecule has 0 amide bonds. The van der Waals surface area contributed by atoms with Gasteiger partial charge in [0.1, 0.15) is 0 Å². The Morgan fingerprint density at radius 2 is 1.94 bits per heavy atom. The molecule has 3 nitrogen and oxygen atoms in total. The molecule has 2 aliphatic heterocycles. The molecule has 3 heteroatoms. The number of benzene rings is 1. The Hall–Kier alpha value is -2.42. The average Bonchev–Trinajstić information content (AvgIpc) is 2.77. The highest BCUT2D eigenvalue weighted by Crippen LogP contribution is 2.39. The van der Waals surface area contributed by atoms with Crippen LogP contribution in [0.4, 0.5) is 5.69 Å². The number of dihydropyridines is 1. The van der Waals surface area contributed by atoms with Crippen molar-refractivity contribution in [2.24, 2.45) is 33.7 Å². The van der Waals surface area contributed by atoms with Crippen LogP contribution in [0.3, 0.4) is 0 Å². The molecule has 5 atom stereocenters. The van der Waals surface area contributed by atoms with Crippen molar-refractivity contribution in [1.29, 1.82) is 0 Å². The van der Waals surface area contributed by atoms with Crippen LogP contribution in [0, 0.1) is 23.7 Å². The maximum Gasteiger partial charge on any atom is 0.0836 e. The fourth-order valence-corrected chi connectivity index (χ4v) is 5.23. The highest BCUT2D eigenvalue weighted by atomic mass is 14.9. The minimum Gasteiger partial charge on any atom is -0.382 e. The summed E-state index contributed by atoms with van der Waals surface area (Å²) < 4.78 is 0. The van der Waals surface area contributed by atoms with E-state index in [0.29, 0.717) is 29.7 Å². The van der Waals surface area contributed by atoms with E-state index in [0.717, 1.165) is 12.1 Å². The fourth-order valence-electron chi connectivity index (χ4n) is 5.23. The van der Waals surface area contributed by atoms with E-state index in [-0.39, 0.29) is 12.1 Å². The first-order valence-corrected chi connectivity index (χ1v) is 12.4. The lowest BCUT2D eigenvalue weighted by Gasteiger charge is -2.32. The van der Waals surface area contributed by atoms with Crippen LogP contribution in [0.2, 0.25) is 0 Å². The molecule has 3 aliphatic rings. The summed E-state index contributed by atoms with van der Waals surface area (Å²) in [5.41, 5.74) is 6.45. The molecule has 0 fully saturated rings. The normalized spacial score (nSPS) is 29.8. The lowest BCUT2D eigenvalue weighted by atomic mass is 9.78. The van der Waals surface area contributed by atoms with Gasteiger partial charge in [0.15, 0.2) is 0 Å². The van der Waals surface area contributed by atoms with E-state index >= 15 is 0 Å². The second-order valence-electron chi connectivity index (χ2n) is 10.4. The molecule has 32 heavy (non-hydrogen) atoms. The highest BCUT2D eigenvalue weighted by molar-refractivity contribution is 6.36. The zero-order valence-electron chi connectivity index (χ0n) is 20.5. The van der Waals surface area contributed by atoms with Gasteiger partial charge in [0.05, 0.1) is 17.8 Å². The second kappa shape index (κ2) is 9.60. The SMILES string of the molecule is CC1CCc2cccc(C3N=C(C=N[C@H]4C(C(C)C)=CC=CC4C(C)C)C=CC3C)c2N1. The van der Waals surface area contributed by atoms with E-state index in [1.54, 1.807) is 0 Å². The second-order valence-corrected chi connectivity index (χ2v) is 10.4. The topological polar surface area (TPSA) is 36.8 Å². The molecular weight excluding hydrogens is 390 g/mol. The van der Waals surface area contributed by atoms with Gasteiger partial charge in [-0.1, -0.05) is 77.1 Å². The Morgan fingerprint density at radius 3 is 2.69 bits per heavy atom. The van der Waals surface area contributed by atoms with Crippen LogP contribution in [-0.2, 0) is 6.42 Å². The van der Waals surface area contributed by atoms with Crippen LogP contribution in [0.25, 0.3) is 0 Å². The van der Waals surface area contributed by atoms with Crippen LogP contribution in [0.5, 0.6) is 0 Å². The molecule has 0 bridgehead atoms. The van der Waals surface area contributed by atoms with Gasteiger partial charge in [-0.15, -0.1) is 0 Å². The molecule has 4 rings (SSSR count). The van der Waals surface area contributed by atoms with Crippen LogP contribution < -0.4 is 5.32 Å². The lowest BCUT2D eigenvalue weighted by molar-refractivity contribution is 0.398. The van der Waals surface area contributed by atoms with Crippen molar-refractivity contribution in [3.63, 3.8) is 0 Å². The molecule has 0 radical (unpaired) electrons. The lowest BCUT2D eigenvalue weighted by Crippen LogP contribution is -2.29. The number of hydrogen-bond acceptors (Lipinski definition) is 3. The van der Waals surface area contributed by atoms with E-state index in [9.17, 15) is 0 Å². The average molecular weight is 430 g/mol. The number of nitrogens with zero attached hydrogens (tertiary/aromatic N) is 2. The number of para-hydroxylation sites is 1. The van der Waals surface area contributed by atoms with Crippen molar-refractivity contribution < 1.29 is 0 Å². The Morgan fingerprint density at radius 1 is 1.12 bits per heavy atom. The summed E-state index contributed by atoms with van der Waals surface area (Å²) in [7, 11) is 0. The maximum atomic E-state index is 5.19. The van der Waals surface area contributed by atoms with Crippen molar-refractivity contribution in [3.8, 4) is 0 Å². The number of aryl methyl sites for hydroxylation is 1.